The highest BCUT2D eigenvalue weighted by molar-refractivity contribution is 7.92. The summed E-state index contributed by atoms with van der Waals surface area (Å²) >= 11 is 6.03. The third-order valence-corrected chi connectivity index (χ3v) is 6.02. The van der Waals surface area contributed by atoms with Gasteiger partial charge in [0.1, 0.15) is 5.75 Å². The Morgan fingerprint density at radius 2 is 2.00 bits per heavy atom. The zero-order valence-corrected chi connectivity index (χ0v) is 16.9. The third kappa shape index (κ3) is 4.20. The molecule has 1 heterocycles. The van der Waals surface area contributed by atoms with Gasteiger partial charge in [0.15, 0.2) is 6.10 Å². The Balaban J connectivity index is 1.90. The highest BCUT2D eigenvalue weighted by Gasteiger charge is 2.31. The topological polar surface area (TPSA) is 75.7 Å². The maximum Gasteiger partial charge on any atom is 0.265 e. The molecule has 0 aliphatic carbocycles. The van der Waals surface area contributed by atoms with Crippen LogP contribution in [0.15, 0.2) is 36.4 Å². The van der Waals surface area contributed by atoms with Crippen LogP contribution < -0.4 is 14.4 Å². The van der Waals surface area contributed by atoms with E-state index in [0.29, 0.717) is 22.1 Å². The first-order valence-electron chi connectivity index (χ1n) is 8.48. The first kappa shape index (κ1) is 19.5. The molecular weight excluding hydrogens is 388 g/mol. The van der Waals surface area contributed by atoms with Gasteiger partial charge < -0.3 is 10.1 Å². The van der Waals surface area contributed by atoms with Crippen LogP contribution in [0.2, 0.25) is 5.02 Å². The van der Waals surface area contributed by atoms with Gasteiger partial charge in [-0.05, 0) is 49.2 Å². The molecule has 0 saturated carbocycles. The summed E-state index contributed by atoms with van der Waals surface area (Å²) in [6, 6.07) is 10.4. The van der Waals surface area contributed by atoms with Crippen molar-refractivity contribution in [3.63, 3.8) is 0 Å². The summed E-state index contributed by atoms with van der Waals surface area (Å²) in [7, 11) is -3.54. The van der Waals surface area contributed by atoms with Crippen molar-refractivity contribution in [1.82, 2.24) is 0 Å². The predicted octanol–water partition coefficient (Wildman–Crippen LogP) is 3.51. The third-order valence-electron chi connectivity index (χ3n) is 4.61. The molecular formula is C19H21ClN2O4S. The fourth-order valence-corrected chi connectivity index (χ4v) is 4.08. The van der Waals surface area contributed by atoms with Gasteiger partial charge in [-0.25, -0.2) is 8.42 Å². The van der Waals surface area contributed by atoms with Crippen LogP contribution in [0, 0.1) is 13.8 Å². The molecule has 0 fully saturated rings. The van der Waals surface area contributed by atoms with E-state index in [1.54, 1.807) is 12.1 Å². The molecule has 2 aromatic rings. The van der Waals surface area contributed by atoms with Gasteiger partial charge in [-0.15, -0.1) is 0 Å². The molecule has 0 radical (unpaired) electrons. The van der Waals surface area contributed by atoms with E-state index in [1.165, 1.54) is 10.4 Å². The molecule has 1 aliphatic rings. The SMILES string of the molecule is Cc1cccc(NC(=O)[C@H]2CCN(S(C)(=O)=O)c3cc(Cl)ccc3O2)c1C. The zero-order chi connectivity index (χ0) is 19.8. The van der Waals surface area contributed by atoms with Crippen molar-refractivity contribution in [1.29, 1.82) is 0 Å². The Morgan fingerprint density at radius 1 is 1.26 bits per heavy atom. The van der Waals surface area contributed by atoms with Gasteiger partial charge in [0.25, 0.3) is 5.91 Å². The van der Waals surface area contributed by atoms with Crippen LogP contribution in [0.3, 0.4) is 0 Å². The van der Waals surface area contributed by atoms with Gasteiger partial charge in [-0.2, -0.15) is 0 Å². The predicted molar refractivity (Wildman–Crippen MR) is 107 cm³/mol. The maximum atomic E-state index is 12.8. The Hall–Kier alpha value is -2.25. The fourth-order valence-electron chi connectivity index (χ4n) is 2.98. The second kappa shape index (κ2) is 7.40. The lowest BCUT2D eigenvalue weighted by Crippen LogP contribution is -2.36. The Morgan fingerprint density at radius 3 is 2.70 bits per heavy atom. The van der Waals surface area contributed by atoms with Gasteiger partial charge in [-0.1, -0.05) is 23.7 Å². The molecule has 0 bridgehead atoms. The summed E-state index contributed by atoms with van der Waals surface area (Å²) < 4.78 is 31.5. The Kier molecular flexibility index (Phi) is 5.35. The molecule has 2 aromatic carbocycles. The van der Waals surface area contributed by atoms with E-state index in [0.717, 1.165) is 17.4 Å². The van der Waals surface area contributed by atoms with E-state index in [2.05, 4.69) is 5.32 Å². The Bertz CT molecular complexity index is 991. The van der Waals surface area contributed by atoms with Gasteiger partial charge in [0.05, 0.1) is 11.9 Å². The number of aryl methyl sites for hydroxylation is 1. The second-order valence-corrected chi connectivity index (χ2v) is 8.92. The number of carbonyl (C=O) groups excluding carboxylic acids is 1. The minimum Gasteiger partial charge on any atom is -0.478 e. The number of nitrogens with zero attached hydrogens (tertiary/aromatic N) is 1. The van der Waals surface area contributed by atoms with Crippen molar-refractivity contribution in [3.8, 4) is 5.75 Å². The largest absolute Gasteiger partial charge is 0.478 e. The minimum atomic E-state index is -3.54. The zero-order valence-electron chi connectivity index (χ0n) is 15.3. The van der Waals surface area contributed by atoms with Gasteiger partial charge in [-0.3, -0.25) is 9.10 Å². The van der Waals surface area contributed by atoms with Crippen LogP contribution in [0.4, 0.5) is 11.4 Å². The Labute approximate surface area is 164 Å². The van der Waals surface area contributed by atoms with Crippen LogP contribution in [0.1, 0.15) is 17.5 Å². The first-order chi connectivity index (χ1) is 12.7. The highest BCUT2D eigenvalue weighted by Crippen LogP contribution is 2.36. The number of halogens is 1. The summed E-state index contributed by atoms with van der Waals surface area (Å²) in [5.74, 6) is -0.0107. The van der Waals surface area contributed by atoms with Crippen molar-refractivity contribution in [2.75, 3.05) is 22.4 Å². The smallest absolute Gasteiger partial charge is 0.265 e. The molecule has 144 valence electrons. The van der Waals surface area contributed by atoms with Crippen molar-refractivity contribution in [2.45, 2.75) is 26.4 Å². The normalized spacial score (nSPS) is 16.9. The molecule has 8 heteroatoms. The molecule has 0 aromatic heterocycles. The number of hydrogen-bond donors (Lipinski definition) is 1. The van der Waals surface area contributed by atoms with Crippen LogP contribution in [-0.2, 0) is 14.8 Å². The number of amides is 1. The molecule has 0 saturated heterocycles. The number of hydrogen-bond acceptors (Lipinski definition) is 4. The lowest BCUT2D eigenvalue weighted by molar-refractivity contribution is -0.122. The highest BCUT2D eigenvalue weighted by atomic mass is 35.5. The van der Waals surface area contributed by atoms with Crippen LogP contribution in [0.25, 0.3) is 0 Å². The van der Waals surface area contributed by atoms with Crippen molar-refractivity contribution >= 4 is 38.9 Å². The van der Waals surface area contributed by atoms with Crippen molar-refractivity contribution in [3.05, 3.63) is 52.5 Å². The van der Waals surface area contributed by atoms with Gasteiger partial charge in [0, 0.05) is 23.7 Å². The molecule has 1 amide bonds. The molecule has 1 atom stereocenters. The van der Waals surface area contributed by atoms with E-state index in [9.17, 15) is 13.2 Å². The van der Waals surface area contributed by atoms with Crippen molar-refractivity contribution < 1.29 is 17.9 Å². The summed E-state index contributed by atoms with van der Waals surface area (Å²) in [5, 5.41) is 3.28. The number of fused-ring (bicyclic) bond motifs is 1. The van der Waals surface area contributed by atoms with Crippen LogP contribution in [-0.4, -0.2) is 33.2 Å². The van der Waals surface area contributed by atoms with E-state index in [1.807, 2.05) is 32.0 Å². The van der Waals surface area contributed by atoms with E-state index in [-0.39, 0.29) is 18.9 Å². The average molecular weight is 409 g/mol. The molecule has 1 N–H and O–H groups in total. The number of rotatable bonds is 3. The second-order valence-electron chi connectivity index (χ2n) is 6.58. The number of carbonyl (C=O) groups is 1. The fraction of sp³-hybridized carbons (Fsp3) is 0.316. The molecule has 0 unspecified atom stereocenters. The van der Waals surface area contributed by atoms with E-state index >= 15 is 0 Å². The summed E-state index contributed by atoms with van der Waals surface area (Å²) in [5.41, 5.74) is 3.10. The minimum absolute atomic E-state index is 0.122. The number of sulfonamides is 1. The summed E-state index contributed by atoms with van der Waals surface area (Å²) in [6.07, 6.45) is 0.515. The standard InChI is InChI=1S/C19H21ClN2O4S/c1-12-5-4-6-15(13(12)2)21-19(23)18-9-10-22(27(3,24)25)16-11-14(20)7-8-17(16)26-18/h4-8,11,18H,9-10H2,1-3H3,(H,21,23)/t18-/m1/s1. The number of anilines is 2. The molecule has 6 nitrogen and oxygen atoms in total. The quantitative estimate of drug-likeness (QED) is 0.843. The van der Waals surface area contributed by atoms with Crippen LogP contribution in [0.5, 0.6) is 5.75 Å². The van der Waals surface area contributed by atoms with Gasteiger partial charge in [0.2, 0.25) is 10.0 Å². The number of ether oxygens (including phenoxy) is 1. The summed E-state index contributed by atoms with van der Waals surface area (Å²) in [6.45, 7) is 4.02. The molecule has 27 heavy (non-hydrogen) atoms. The van der Waals surface area contributed by atoms with Crippen molar-refractivity contribution in [2.24, 2.45) is 0 Å². The molecule has 0 spiro atoms. The van der Waals surface area contributed by atoms with Gasteiger partial charge >= 0.3 is 0 Å². The maximum absolute atomic E-state index is 12.8. The molecule has 1 aliphatic heterocycles. The summed E-state index contributed by atoms with van der Waals surface area (Å²) in [4.78, 5) is 12.8. The lowest BCUT2D eigenvalue weighted by Gasteiger charge is -2.21. The van der Waals surface area contributed by atoms with Crippen LogP contribution >= 0.6 is 11.6 Å². The number of benzene rings is 2. The monoisotopic (exact) mass is 408 g/mol. The number of nitrogens with one attached hydrogen (secondary N) is 1. The van der Waals surface area contributed by atoms with E-state index < -0.39 is 16.1 Å². The first-order valence-corrected chi connectivity index (χ1v) is 10.7. The molecule has 3 rings (SSSR count). The van der Waals surface area contributed by atoms with E-state index in [4.69, 9.17) is 16.3 Å². The average Bonchev–Trinajstić information content (AvgIpc) is 2.78. The lowest BCUT2D eigenvalue weighted by atomic mass is 10.1.